The molecule has 0 aliphatic rings. The number of hydrogen-bond acceptors (Lipinski definition) is 5. The van der Waals surface area contributed by atoms with E-state index in [4.69, 9.17) is 4.74 Å². The average molecular weight is 460 g/mol. The fourth-order valence-electron chi connectivity index (χ4n) is 2.26. The van der Waals surface area contributed by atoms with Crippen molar-refractivity contribution in [3.05, 3.63) is 0 Å². The van der Waals surface area contributed by atoms with Gasteiger partial charge in [-0.25, -0.2) is 19.2 Å². The summed E-state index contributed by atoms with van der Waals surface area (Å²) >= 11 is 0. The van der Waals surface area contributed by atoms with Gasteiger partial charge in [0.25, 0.3) is 0 Å². The summed E-state index contributed by atoms with van der Waals surface area (Å²) in [5, 5.41) is 18.7. The molecule has 12 heteroatoms. The molecule has 3 atom stereocenters. The number of rotatable bonds is 10. The minimum Gasteiger partial charge on any atom is -0.444 e. The normalized spacial score (nSPS) is 13.8. The van der Waals surface area contributed by atoms with Crippen LogP contribution in [-0.4, -0.2) is 73.6 Å². The van der Waals surface area contributed by atoms with E-state index in [1.807, 2.05) is 13.8 Å². The third-order valence-electron chi connectivity index (χ3n) is 3.64. The molecule has 0 saturated heterocycles. The quantitative estimate of drug-likeness (QED) is 0.259. The van der Waals surface area contributed by atoms with Crippen LogP contribution in [0.3, 0.4) is 0 Å². The number of urea groups is 3. The monoisotopic (exact) mass is 459 g/mol. The zero-order valence-corrected chi connectivity index (χ0v) is 20.5. The first-order valence-corrected chi connectivity index (χ1v) is 10.8. The smallest absolute Gasteiger partial charge is 0.407 e. The van der Waals surface area contributed by atoms with E-state index in [1.165, 1.54) is 0 Å². The van der Waals surface area contributed by atoms with E-state index in [1.54, 1.807) is 41.5 Å². The lowest BCUT2D eigenvalue weighted by Crippen LogP contribution is -2.52. The van der Waals surface area contributed by atoms with Crippen molar-refractivity contribution in [2.75, 3.05) is 19.6 Å². The standard InChI is InChI=1S/C20H41N7O5/c1-12(2)24-16(28)21-9-13(3)25-17(29)22-10-14(4)26-18(30)23-11-15(5)27-19(31)32-20(6,7)8/h12-15H,9-11H2,1-8H3,(H,27,31)(H2,21,24,28)(H2,22,25,29)(H2,23,26,30). The van der Waals surface area contributed by atoms with Gasteiger partial charge in [0.1, 0.15) is 5.60 Å². The van der Waals surface area contributed by atoms with E-state index in [9.17, 15) is 19.2 Å². The van der Waals surface area contributed by atoms with Crippen LogP contribution in [0.4, 0.5) is 19.2 Å². The maximum Gasteiger partial charge on any atom is 0.407 e. The summed E-state index contributed by atoms with van der Waals surface area (Å²) in [5.41, 5.74) is -0.597. The third kappa shape index (κ3) is 16.8. The summed E-state index contributed by atoms with van der Waals surface area (Å²) in [6, 6.07) is -2.05. The first kappa shape index (κ1) is 29.1. The summed E-state index contributed by atoms with van der Waals surface area (Å²) in [4.78, 5) is 47.2. The van der Waals surface area contributed by atoms with Gasteiger partial charge < -0.3 is 42.0 Å². The third-order valence-corrected chi connectivity index (χ3v) is 3.64. The molecule has 0 heterocycles. The molecule has 0 spiro atoms. The van der Waals surface area contributed by atoms with Crippen LogP contribution < -0.4 is 37.2 Å². The van der Waals surface area contributed by atoms with Crippen molar-refractivity contribution < 1.29 is 23.9 Å². The molecule has 0 bridgehead atoms. The van der Waals surface area contributed by atoms with E-state index < -0.39 is 23.8 Å². The number of alkyl carbamates (subject to hydrolysis) is 1. The number of carbonyl (C=O) groups excluding carboxylic acids is 4. The molecular weight excluding hydrogens is 418 g/mol. The predicted octanol–water partition coefficient (Wildman–Crippen LogP) is 0.983. The van der Waals surface area contributed by atoms with Gasteiger partial charge in [0.15, 0.2) is 0 Å². The van der Waals surface area contributed by atoms with Gasteiger partial charge in [0.2, 0.25) is 0 Å². The number of nitrogens with one attached hydrogen (secondary N) is 7. The Morgan fingerprint density at radius 3 is 1.31 bits per heavy atom. The molecule has 7 N–H and O–H groups in total. The lowest BCUT2D eigenvalue weighted by atomic mass is 10.2. The molecule has 12 nitrogen and oxygen atoms in total. The van der Waals surface area contributed by atoms with Crippen molar-refractivity contribution in [1.29, 1.82) is 0 Å². The Bertz CT molecular complexity index is 622. The lowest BCUT2D eigenvalue weighted by Gasteiger charge is -2.22. The van der Waals surface area contributed by atoms with E-state index in [0.717, 1.165) is 0 Å². The van der Waals surface area contributed by atoms with Crippen LogP contribution >= 0.6 is 0 Å². The van der Waals surface area contributed by atoms with Gasteiger partial charge in [-0.15, -0.1) is 0 Å². The van der Waals surface area contributed by atoms with Gasteiger partial charge in [-0.2, -0.15) is 0 Å². The molecule has 0 aromatic heterocycles. The molecule has 0 aromatic rings. The Morgan fingerprint density at radius 1 is 0.625 bits per heavy atom. The minimum atomic E-state index is -0.597. The molecule has 0 aromatic carbocycles. The predicted molar refractivity (Wildman–Crippen MR) is 122 cm³/mol. The molecule has 7 amide bonds. The highest BCUT2D eigenvalue weighted by Gasteiger charge is 2.18. The van der Waals surface area contributed by atoms with Crippen LogP contribution in [0.1, 0.15) is 55.4 Å². The molecule has 32 heavy (non-hydrogen) atoms. The van der Waals surface area contributed by atoms with Crippen molar-refractivity contribution in [3.8, 4) is 0 Å². The first-order valence-electron chi connectivity index (χ1n) is 10.8. The van der Waals surface area contributed by atoms with Gasteiger partial charge in [-0.3, -0.25) is 0 Å². The highest BCUT2D eigenvalue weighted by molar-refractivity contribution is 5.76. The van der Waals surface area contributed by atoms with Crippen molar-refractivity contribution in [2.24, 2.45) is 0 Å². The number of ether oxygens (including phenoxy) is 1. The van der Waals surface area contributed by atoms with Gasteiger partial charge >= 0.3 is 24.2 Å². The number of hydrogen-bond donors (Lipinski definition) is 7. The summed E-state index contributed by atoms with van der Waals surface area (Å²) < 4.78 is 5.16. The summed E-state index contributed by atoms with van der Waals surface area (Å²) in [6.07, 6.45) is -0.555. The number of amides is 7. The SMILES string of the molecule is CC(C)NC(=O)NCC(C)NC(=O)NCC(C)NC(=O)NCC(C)NC(=O)OC(C)(C)C. The minimum absolute atomic E-state index is 0.0252. The zero-order chi connectivity index (χ0) is 24.9. The summed E-state index contributed by atoms with van der Waals surface area (Å²) in [7, 11) is 0. The average Bonchev–Trinajstić information content (AvgIpc) is 2.61. The van der Waals surface area contributed by atoms with Gasteiger partial charge in [-0.1, -0.05) is 0 Å². The van der Waals surface area contributed by atoms with Gasteiger partial charge in [0, 0.05) is 43.8 Å². The van der Waals surface area contributed by atoms with Crippen molar-refractivity contribution in [3.63, 3.8) is 0 Å². The highest BCUT2D eigenvalue weighted by Crippen LogP contribution is 2.06. The first-order chi connectivity index (χ1) is 14.7. The maximum atomic E-state index is 12.0. The maximum absolute atomic E-state index is 12.0. The summed E-state index contributed by atoms with van der Waals surface area (Å²) in [6.45, 7) is 14.9. The molecule has 0 fully saturated rings. The van der Waals surface area contributed by atoms with Crippen molar-refractivity contribution in [2.45, 2.75) is 85.2 Å². The Kier molecular flexibility index (Phi) is 12.9. The topological polar surface area (TPSA) is 162 Å². The van der Waals surface area contributed by atoms with Crippen LogP contribution in [0.5, 0.6) is 0 Å². The second-order valence-corrected chi connectivity index (χ2v) is 9.07. The van der Waals surface area contributed by atoms with Gasteiger partial charge in [-0.05, 0) is 55.4 Å². The largest absolute Gasteiger partial charge is 0.444 e. The van der Waals surface area contributed by atoms with Crippen LogP contribution in [0.15, 0.2) is 0 Å². The Morgan fingerprint density at radius 2 is 0.969 bits per heavy atom. The van der Waals surface area contributed by atoms with Crippen LogP contribution in [-0.2, 0) is 4.74 Å². The molecular formula is C20H41N7O5. The molecule has 186 valence electrons. The van der Waals surface area contributed by atoms with E-state index in [2.05, 4.69) is 37.2 Å². The van der Waals surface area contributed by atoms with Crippen LogP contribution in [0.25, 0.3) is 0 Å². The second-order valence-electron chi connectivity index (χ2n) is 9.07. The second kappa shape index (κ2) is 14.2. The molecule has 0 aliphatic heterocycles. The number of carbonyl (C=O) groups is 4. The Hall–Kier alpha value is -2.92. The molecule has 3 unspecified atom stereocenters. The molecule has 0 saturated carbocycles. The van der Waals surface area contributed by atoms with Crippen LogP contribution in [0, 0.1) is 0 Å². The fourth-order valence-corrected chi connectivity index (χ4v) is 2.26. The van der Waals surface area contributed by atoms with Gasteiger partial charge in [0.05, 0.1) is 0 Å². The fraction of sp³-hybridized carbons (Fsp3) is 0.800. The highest BCUT2D eigenvalue weighted by atomic mass is 16.6. The zero-order valence-electron chi connectivity index (χ0n) is 20.5. The Labute approximate surface area is 190 Å². The molecule has 0 aliphatic carbocycles. The van der Waals surface area contributed by atoms with E-state index in [0.29, 0.717) is 0 Å². The van der Waals surface area contributed by atoms with Crippen molar-refractivity contribution >= 4 is 24.2 Å². The van der Waals surface area contributed by atoms with Crippen molar-refractivity contribution in [1.82, 2.24) is 37.2 Å². The van der Waals surface area contributed by atoms with E-state index in [-0.39, 0.29) is 49.8 Å². The van der Waals surface area contributed by atoms with Crippen LogP contribution in [0.2, 0.25) is 0 Å². The molecule has 0 radical (unpaired) electrons. The van der Waals surface area contributed by atoms with E-state index >= 15 is 0 Å². The lowest BCUT2D eigenvalue weighted by molar-refractivity contribution is 0.0508. The summed E-state index contributed by atoms with van der Waals surface area (Å²) in [5.74, 6) is 0. The molecule has 0 rings (SSSR count). The Balaban J connectivity index is 4.05.